The van der Waals surface area contributed by atoms with Crippen molar-refractivity contribution in [3.63, 3.8) is 0 Å². The molecule has 1 saturated heterocycles. The number of hydrogen-bond acceptors (Lipinski definition) is 7. The van der Waals surface area contributed by atoms with E-state index in [1.165, 1.54) is 17.3 Å². The maximum absolute atomic E-state index is 12.3. The van der Waals surface area contributed by atoms with Crippen molar-refractivity contribution in [3.8, 4) is 11.8 Å². The van der Waals surface area contributed by atoms with E-state index in [0.29, 0.717) is 17.7 Å². The number of benzene rings is 1. The normalized spacial score (nSPS) is 25.0. The summed E-state index contributed by atoms with van der Waals surface area (Å²) in [5.74, 6) is 5.59. The number of carbonyl (C=O) groups is 2. The van der Waals surface area contributed by atoms with Crippen molar-refractivity contribution in [3.05, 3.63) is 29.8 Å². The Labute approximate surface area is 181 Å². The lowest BCUT2D eigenvalue weighted by Gasteiger charge is -2.30. The molecular formula is C21H26N2O7S. The van der Waals surface area contributed by atoms with Gasteiger partial charge in [0.2, 0.25) is 0 Å². The molecule has 0 bridgehead atoms. The zero-order valence-electron chi connectivity index (χ0n) is 17.6. The third kappa shape index (κ3) is 4.84. The minimum absolute atomic E-state index is 0.0775. The van der Waals surface area contributed by atoms with Crippen LogP contribution < -0.4 is 10.4 Å². The van der Waals surface area contributed by atoms with Crippen LogP contribution in [0.2, 0.25) is 0 Å². The average molecular weight is 451 g/mol. The second-order valence-corrected chi connectivity index (χ2v) is 10.6. The Morgan fingerprint density at radius 1 is 1.35 bits per heavy atom. The number of methoxy groups -OCH3 is 1. The number of ether oxygens (including phenoxy) is 2. The van der Waals surface area contributed by atoms with Crippen LogP contribution in [0, 0.1) is 17.8 Å². The minimum Gasteiger partial charge on any atom is -0.444 e. The van der Waals surface area contributed by atoms with Crippen molar-refractivity contribution in [1.29, 1.82) is 0 Å². The maximum Gasteiger partial charge on any atom is 0.414 e. The van der Waals surface area contributed by atoms with Crippen LogP contribution >= 0.6 is 0 Å². The summed E-state index contributed by atoms with van der Waals surface area (Å²) >= 11 is 0. The Bertz CT molecular complexity index is 1010. The highest BCUT2D eigenvalue weighted by Gasteiger charge is 2.48. The number of carbonyl (C=O) groups excluding carboxylic acids is 2. The van der Waals surface area contributed by atoms with Gasteiger partial charge in [0.25, 0.3) is 5.91 Å². The smallest absolute Gasteiger partial charge is 0.414 e. The quantitative estimate of drug-likeness (QED) is 0.382. The first-order valence-corrected chi connectivity index (χ1v) is 11.7. The summed E-state index contributed by atoms with van der Waals surface area (Å²) in [6, 6.07) is 7.08. The van der Waals surface area contributed by atoms with Gasteiger partial charge in [-0.3, -0.25) is 14.9 Å². The Morgan fingerprint density at radius 3 is 2.55 bits per heavy atom. The standard InChI is InChI=1S/C21H26N2O7S/c1-21(19(24)22-26,31(3,27)28)12-18-13-23(20(25)30-18)16-8-6-14(7-9-16)4-5-15-10-17(11-15)29-2/h6-9,15,17-18,26H,10-13H2,1-3H3,(H,22,24). The lowest BCUT2D eigenvalue weighted by Crippen LogP contribution is -2.51. The summed E-state index contributed by atoms with van der Waals surface area (Å²) in [6.07, 6.45) is 1.31. The first-order valence-electron chi connectivity index (χ1n) is 9.84. The molecule has 0 aromatic heterocycles. The lowest BCUT2D eigenvalue weighted by molar-refractivity contribution is -0.132. The van der Waals surface area contributed by atoms with Gasteiger partial charge in [-0.15, -0.1) is 0 Å². The van der Waals surface area contributed by atoms with Crippen molar-refractivity contribution in [2.45, 2.75) is 43.1 Å². The van der Waals surface area contributed by atoms with Gasteiger partial charge in [0.05, 0.1) is 12.6 Å². The topological polar surface area (TPSA) is 122 Å². The predicted molar refractivity (Wildman–Crippen MR) is 112 cm³/mol. The number of anilines is 1. The third-order valence-electron chi connectivity index (χ3n) is 5.92. The Hall–Kier alpha value is -2.61. The van der Waals surface area contributed by atoms with Crippen LogP contribution in [0.1, 0.15) is 31.7 Å². The number of hydrogen-bond donors (Lipinski definition) is 2. The fourth-order valence-corrected chi connectivity index (χ4v) is 4.46. The van der Waals surface area contributed by atoms with Gasteiger partial charge in [-0.2, -0.15) is 0 Å². The van der Waals surface area contributed by atoms with E-state index >= 15 is 0 Å². The molecule has 1 aliphatic carbocycles. The summed E-state index contributed by atoms with van der Waals surface area (Å²) in [7, 11) is -2.19. The molecule has 2 unspecified atom stereocenters. The van der Waals surface area contributed by atoms with Gasteiger partial charge in [0.1, 0.15) is 6.10 Å². The highest BCUT2D eigenvalue weighted by molar-refractivity contribution is 7.92. The van der Waals surface area contributed by atoms with E-state index in [0.717, 1.165) is 24.7 Å². The van der Waals surface area contributed by atoms with Gasteiger partial charge < -0.3 is 9.47 Å². The molecule has 1 aromatic rings. The molecule has 0 spiro atoms. The van der Waals surface area contributed by atoms with E-state index in [9.17, 15) is 18.0 Å². The summed E-state index contributed by atoms with van der Waals surface area (Å²) in [5.41, 5.74) is 2.78. The number of hydroxylamine groups is 1. The Kier molecular flexibility index (Phi) is 6.59. The zero-order valence-corrected chi connectivity index (χ0v) is 18.4. The van der Waals surface area contributed by atoms with Gasteiger partial charge in [0.15, 0.2) is 14.6 Å². The van der Waals surface area contributed by atoms with Crippen LogP contribution in [0.15, 0.2) is 24.3 Å². The second-order valence-electron chi connectivity index (χ2n) is 8.11. The summed E-state index contributed by atoms with van der Waals surface area (Å²) in [6.45, 7) is 1.27. The molecule has 3 rings (SSSR count). The van der Waals surface area contributed by atoms with Crippen molar-refractivity contribution in [2.75, 3.05) is 24.8 Å². The maximum atomic E-state index is 12.3. The highest BCUT2D eigenvalue weighted by Crippen LogP contribution is 2.31. The number of amides is 2. The minimum atomic E-state index is -3.89. The molecule has 1 saturated carbocycles. The first-order chi connectivity index (χ1) is 14.6. The molecule has 1 aliphatic heterocycles. The molecule has 9 nitrogen and oxygen atoms in total. The predicted octanol–water partition coefficient (Wildman–Crippen LogP) is 1.49. The molecule has 2 N–H and O–H groups in total. The van der Waals surface area contributed by atoms with Crippen molar-refractivity contribution in [2.24, 2.45) is 5.92 Å². The SMILES string of the molecule is COC1CC(C#Cc2ccc(N3CC(CC(C)(C(=O)NO)S(C)(=O)=O)OC3=O)cc2)C1. The van der Waals surface area contributed by atoms with Crippen molar-refractivity contribution < 1.29 is 32.7 Å². The van der Waals surface area contributed by atoms with Crippen molar-refractivity contribution in [1.82, 2.24) is 5.48 Å². The number of nitrogens with one attached hydrogen (secondary N) is 1. The molecular weight excluding hydrogens is 424 g/mol. The molecule has 2 amide bonds. The number of rotatable bonds is 6. The van der Waals surface area contributed by atoms with E-state index in [4.69, 9.17) is 14.7 Å². The Morgan fingerprint density at radius 2 is 2.00 bits per heavy atom. The monoisotopic (exact) mass is 450 g/mol. The first kappa shape index (κ1) is 23.1. The zero-order chi connectivity index (χ0) is 22.8. The fourth-order valence-electron chi connectivity index (χ4n) is 3.59. The molecule has 2 atom stereocenters. The summed E-state index contributed by atoms with van der Waals surface area (Å²) in [4.78, 5) is 25.7. The molecule has 1 aromatic carbocycles. The van der Waals surface area contributed by atoms with Crippen LogP contribution in [-0.2, 0) is 24.1 Å². The number of cyclic esters (lactones) is 1. The molecule has 0 radical (unpaired) electrons. The molecule has 1 heterocycles. The highest BCUT2D eigenvalue weighted by atomic mass is 32.2. The van der Waals surface area contributed by atoms with E-state index in [-0.39, 0.29) is 13.0 Å². The summed E-state index contributed by atoms with van der Waals surface area (Å²) in [5, 5.41) is 8.94. The fraction of sp³-hybridized carbons (Fsp3) is 0.524. The van der Waals surface area contributed by atoms with Gasteiger partial charge in [-0.25, -0.2) is 18.7 Å². The Balaban J connectivity index is 1.66. The van der Waals surface area contributed by atoms with E-state index in [1.807, 2.05) is 0 Å². The van der Waals surface area contributed by atoms with Crippen LogP contribution in [0.25, 0.3) is 0 Å². The van der Waals surface area contributed by atoms with Gasteiger partial charge in [-0.05, 0) is 44.0 Å². The number of nitrogens with zero attached hydrogens (tertiary/aromatic N) is 1. The van der Waals surface area contributed by atoms with Crippen LogP contribution in [0.5, 0.6) is 0 Å². The number of sulfone groups is 1. The van der Waals surface area contributed by atoms with Gasteiger partial charge in [-0.1, -0.05) is 11.8 Å². The largest absolute Gasteiger partial charge is 0.444 e. The molecule has 31 heavy (non-hydrogen) atoms. The van der Waals surface area contributed by atoms with Crippen LogP contribution in [0.3, 0.4) is 0 Å². The molecule has 168 valence electrons. The average Bonchev–Trinajstić information content (AvgIpc) is 3.05. The molecule has 2 fully saturated rings. The third-order valence-corrected chi connectivity index (χ3v) is 7.91. The van der Waals surface area contributed by atoms with Crippen LogP contribution in [-0.4, -0.2) is 62.5 Å². The summed E-state index contributed by atoms with van der Waals surface area (Å²) < 4.78 is 32.9. The van der Waals surface area contributed by atoms with Crippen molar-refractivity contribution >= 4 is 27.5 Å². The van der Waals surface area contributed by atoms with Gasteiger partial charge >= 0.3 is 6.09 Å². The van der Waals surface area contributed by atoms with Crippen LogP contribution in [0.4, 0.5) is 10.5 Å². The second kappa shape index (κ2) is 8.86. The van der Waals surface area contributed by atoms with E-state index in [2.05, 4.69) is 11.8 Å². The van der Waals surface area contributed by atoms with Gasteiger partial charge in [0, 0.05) is 37.0 Å². The molecule has 10 heteroatoms. The lowest BCUT2D eigenvalue weighted by atomic mass is 9.83. The van der Waals surface area contributed by atoms with E-state index in [1.54, 1.807) is 31.4 Å². The molecule has 2 aliphatic rings. The van der Waals surface area contributed by atoms with E-state index < -0.39 is 32.7 Å².